The van der Waals surface area contributed by atoms with Gasteiger partial charge in [0.2, 0.25) is 0 Å². The number of amides is 1. The third-order valence-electron chi connectivity index (χ3n) is 4.88. The predicted molar refractivity (Wildman–Crippen MR) is 153 cm³/mol. The Balaban J connectivity index is 1.53. The summed E-state index contributed by atoms with van der Waals surface area (Å²) in [7, 11) is 1.61. The van der Waals surface area contributed by atoms with Gasteiger partial charge in [-0.15, -0.1) is 0 Å². The SMILES string of the molecule is CCOc1cc(/C=C2/SC(=Nc3ccc(OC)cc3)NC2=O)cc(Br)c1OCc1ccc(I)cc1. The van der Waals surface area contributed by atoms with Gasteiger partial charge in [0.05, 0.1) is 28.8 Å². The van der Waals surface area contributed by atoms with Crippen LogP contribution in [0, 0.1) is 3.57 Å². The van der Waals surface area contributed by atoms with Gasteiger partial charge in [-0.25, -0.2) is 4.99 Å². The minimum Gasteiger partial charge on any atom is -0.497 e. The molecule has 35 heavy (non-hydrogen) atoms. The van der Waals surface area contributed by atoms with Gasteiger partial charge in [0.25, 0.3) is 5.91 Å². The van der Waals surface area contributed by atoms with Crippen LogP contribution in [0.15, 0.2) is 75.0 Å². The van der Waals surface area contributed by atoms with E-state index in [1.165, 1.54) is 15.3 Å². The zero-order chi connectivity index (χ0) is 24.8. The predicted octanol–water partition coefficient (Wildman–Crippen LogP) is 6.93. The molecular weight excluding hydrogens is 643 g/mol. The minimum absolute atomic E-state index is 0.199. The molecule has 180 valence electrons. The smallest absolute Gasteiger partial charge is 0.264 e. The molecule has 1 fully saturated rings. The average Bonchev–Trinajstić information content (AvgIpc) is 3.18. The Bertz CT molecular complexity index is 1280. The molecule has 1 saturated heterocycles. The highest BCUT2D eigenvalue weighted by Gasteiger charge is 2.24. The number of rotatable bonds is 8. The van der Waals surface area contributed by atoms with Gasteiger partial charge in [0.1, 0.15) is 12.4 Å². The summed E-state index contributed by atoms with van der Waals surface area (Å²) < 4.78 is 19.0. The first kappa shape index (κ1) is 25.6. The first-order valence-electron chi connectivity index (χ1n) is 10.7. The van der Waals surface area contributed by atoms with Crippen LogP contribution < -0.4 is 19.5 Å². The topological polar surface area (TPSA) is 69.2 Å². The number of benzene rings is 3. The van der Waals surface area contributed by atoms with Crippen LogP contribution in [0.5, 0.6) is 17.2 Å². The first-order valence-corrected chi connectivity index (χ1v) is 13.4. The zero-order valence-electron chi connectivity index (χ0n) is 19.0. The van der Waals surface area contributed by atoms with Crippen molar-refractivity contribution in [2.45, 2.75) is 13.5 Å². The maximum atomic E-state index is 12.6. The van der Waals surface area contributed by atoms with Crippen molar-refractivity contribution in [1.82, 2.24) is 5.32 Å². The molecule has 4 rings (SSSR count). The maximum Gasteiger partial charge on any atom is 0.264 e. The van der Waals surface area contributed by atoms with Crippen molar-refractivity contribution < 1.29 is 19.0 Å². The first-order chi connectivity index (χ1) is 16.9. The molecule has 1 aliphatic rings. The number of hydrogen-bond acceptors (Lipinski definition) is 6. The van der Waals surface area contributed by atoms with E-state index < -0.39 is 0 Å². The molecule has 6 nitrogen and oxygen atoms in total. The van der Waals surface area contributed by atoms with Crippen LogP contribution in [0.3, 0.4) is 0 Å². The number of carbonyl (C=O) groups excluding carboxylic acids is 1. The van der Waals surface area contributed by atoms with Gasteiger partial charge >= 0.3 is 0 Å². The van der Waals surface area contributed by atoms with Crippen molar-refractivity contribution in [3.63, 3.8) is 0 Å². The maximum absolute atomic E-state index is 12.6. The molecule has 0 aliphatic carbocycles. The second kappa shape index (κ2) is 12.0. The molecule has 3 aromatic rings. The van der Waals surface area contributed by atoms with Crippen molar-refractivity contribution in [2.75, 3.05) is 13.7 Å². The summed E-state index contributed by atoms with van der Waals surface area (Å²) in [5.41, 5.74) is 2.60. The lowest BCUT2D eigenvalue weighted by Gasteiger charge is -2.15. The number of methoxy groups -OCH3 is 1. The van der Waals surface area contributed by atoms with Crippen molar-refractivity contribution in [1.29, 1.82) is 0 Å². The molecule has 3 aromatic carbocycles. The molecular formula is C26H22BrIN2O4S. The highest BCUT2D eigenvalue weighted by molar-refractivity contribution is 14.1. The third kappa shape index (κ3) is 6.80. The zero-order valence-corrected chi connectivity index (χ0v) is 23.6. The van der Waals surface area contributed by atoms with Crippen LogP contribution in [0.2, 0.25) is 0 Å². The number of carbonyl (C=O) groups is 1. The molecule has 0 radical (unpaired) electrons. The van der Waals surface area contributed by atoms with E-state index >= 15 is 0 Å². The fourth-order valence-corrected chi connectivity index (χ4v) is 4.99. The number of ether oxygens (including phenoxy) is 3. The molecule has 1 aliphatic heterocycles. The van der Waals surface area contributed by atoms with Gasteiger partial charge in [-0.05, 0) is 123 Å². The quantitative estimate of drug-likeness (QED) is 0.209. The van der Waals surface area contributed by atoms with Crippen molar-refractivity contribution in [2.24, 2.45) is 4.99 Å². The van der Waals surface area contributed by atoms with E-state index in [0.717, 1.165) is 27.0 Å². The Hall–Kier alpha value is -2.50. The molecule has 1 N–H and O–H groups in total. The van der Waals surface area contributed by atoms with E-state index in [0.29, 0.717) is 34.8 Å². The van der Waals surface area contributed by atoms with Gasteiger partial charge in [0, 0.05) is 3.57 Å². The number of thioether (sulfide) groups is 1. The molecule has 1 amide bonds. The monoisotopic (exact) mass is 664 g/mol. The minimum atomic E-state index is -0.199. The van der Waals surface area contributed by atoms with Crippen LogP contribution >= 0.6 is 50.3 Å². The van der Waals surface area contributed by atoms with Gasteiger partial charge in [-0.2, -0.15) is 0 Å². The van der Waals surface area contributed by atoms with Gasteiger partial charge in [0.15, 0.2) is 16.7 Å². The fourth-order valence-electron chi connectivity index (χ4n) is 3.22. The number of halogens is 2. The van der Waals surface area contributed by atoms with Crippen LogP contribution in [0.25, 0.3) is 6.08 Å². The molecule has 1 heterocycles. The van der Waals surface area contributed by atoms with Crippen molar-refractivity contribution >= 4 is 73.1 Å². The second-order valence-electron chi connectivity index (χ2n) is 7.36. The Morgan fingerprint density at radius 3 is 2.51 bits per heavy atom. The molecule has 9 heteroatoms. The van der Waals surface area contributed by atoms with Gasteiger partial charge in [-0.1, -0.05) is 12.1 Å². The molecule has 0 spiro atoms. The third-order valence-corrected chi connectivity index (χ3v) is 7.10. The summed E-state index contributed by atoms with van der Waals surface area (Å²) in [6.45, 7) is 2.82. The van der Waals surface area contributed by atoms with Crippen molar-refractivity contribution in [3.8, 4) is 17.2 Å². The fraction of sp³-hybridized carbons (Fsp3) is 0.154. The summed E-state index contributed by atoms with van der Waals surface area (Å²) in [5, 5.41) is 3.34. The highest BCUT2D eigenvalue weighted by atomic mass is 127. The normalized spacial score (nSPS) is 15.4. The highest BCUT2D eigenvalue weighted by Crippen LogP contribution is 2.39. The number of amidine groups is 1. The summed E-state index contributed by atoms with van der Waals surface area (Å²) in [6.07, 6.45) is 1.81. The Labute approximate surface area is 230 Å². The van der Waals surface area contributed by atoms with Crippen LogP contribution in [0.4, 0.5) is 5.69 Å². The second-order valence-corrected chi connectivity index (χ2v) is 10.5. The molecule has 0 aromatic heterocycles. The lowest BCUT2D eigenvalue weighted by Crippen LogP contribution is -2.19. The van der Waals surface area contributed by atoms with Gasteiger partial charge in [-0.3, -0.25) is 4.79 Å². The lowest BCUT2D eigenvalue weighted by atomic mass is 10.1. The average molecular weight is 665 g/mol. The van der Waals surface area contributed by atoms with Gasteiger partial charge < -0.3 is 19.5 Å². The van der Waals surface area contributed by atoms with Crippen molar-refractivity contribution in [3.05, 3.63) is 84.7 Å². The lowest BCUT2D eigenvalue weighted by molar-refractivity contribution is -0.115. The summed E-state index contributed by atoms with van der Waals surface area (Å²) in [4.78, 5) is 17.6. The largest absolute Gasteiger partial charge is 0.497 e. The van der Waals surface area contributed by atoms with E-state index in [4.69, 9.17) is 14.2 Å². The Morgan fingerprint density at radius 1 is 1.09 bits per heavy atom. The van der Waals surface area contributed by atoms with E-state index in [1.807, 2.05) is 73.7 Å². The number of nitrogens with zero attached hydrogens (tertiary/aromatic N) is 1. The Morgan fingerprint density at radius 2 is 1.83 bits per heavy atom. The van der Waals surface area contributed by atoms with E-state index in [2.05, 4.69) is 48.8 Å². The number of aliphatic imine (C=N–C) groups is 1. The molecule has 0 bridgehead atoms. The summed E-state index contributed by atoms with van der Waals surface area (Å²) in [6, 6.07) is 19.3. The number of nitrogens with one attached hydrogen (secondary N) is 1. The van der Waals surface area contributed by atoms with Crippen LogP contribution in [-0.4, -0.2) is 24.8 Å². The molecule has 0 unspecified atom stereocenters. The standard InChI is InChI=1S/C26H22BrIN2O4S/c1-3-33-22-13-17(12-21(27)24(22)34-15-16-4-6-18(28)7-5-16)14-23-25(31)30-26(35-23)29-19-8-10-20(32-2)11-9-19/h4-14H,3,15H2,1-2H3,(H,29,30,31)/b23-14+. The summed E-state index contributed by atoms with van der Waals surface area (Å²) in [5.74, 6) is 1.78. The Kier molecular flexibility index (Phi) is 8.74. The van der Waals surface area contributed by atoms with E-state index in [1.54, 1.807) is 7.11 Å². The summed E-state index contributed by atoms with van der Waals surface area (Å²) >= 11 is 7.17. The van der Waals surface area contributed by atoms with Crippen LogP contribution in [-0.2, 0) is 11.4 Å². The number of hydrogen-bond donors (Lipinski definition) is 1. The van der Waals surface area contributed by atoms with E-state index in [9.17, 15) is 4.79 Å². The van der Waals surface area contributed by atoms with Crippen LogP contribution in [0.1, 0.15) is 18.1 Å². The molecule has 0 saturated carbocycles. The molecule has 0 atom stereocenters. The van der Waals surface area contributed by atoms with E-state index in [-0.39, 0.29) is 5.91 Å².